The summed E-state index contributed by atoms with van der Waals surface area (Å²) < 4.78 is 11.1. The van der Waals surface area contributed by atoms with E-state index >= 15 is 0 Å². The summed E-state index contributed by atoms with van der Waals surface area (Å²) >= 11 is 0. The molecule has 296 valence electrons. The van der Waals surface area contributed by atoms with Gasteiger partial charge in [-0.05, 0) is 103 Å². The molecule has 5 nitrogen and oxygen atoms in total. The zero-order valence-electron chi connectivity index (χ0n) is 35.5. The molecular weight excluding hydrogens is 868 g/mol. The molecule has 0 aliphatic heterocycles. The maximum absolute atomic E-state index is 6.73. The summed E-state index contributed by atoms with van der Waals surface area (Å²) in [6, 6.07) is 28.7. The smallest absolute Gasteiger partial charge is 0.509 e. The molecule has 1 unspecified atom stereocenters. The zero-order valence-corrected chi connectivity index (χ0v) is 37.7. The Morgan fingerprint density at radius 2 is 1.55 bits per heavy atom. The largest absolute Gasteiger partial charge is 2.00 e. The predicted molar refractivity (Wildman–Crippen MR) is 229 cm³/mol. The van der Waals surface area contributed by atoms with Gasteiger partial charge in [-0.25, -0.2) is 4.98 Å². The molecule has 6 heteroatoms. The molecule has 0 saturated heterocycles. The summed E-state index contributed by atoms with van der Waals surface area (Å²) in [6.45, 7) is 27.7. The Morgan fingerprint density at radius 1 is 0.804 bits per heavy atom. The standard InChI is InChI=1S/C50H60N4O.Pt/c1-29(2)21-36-19-20-51-48(22-36)53-46-16-14-13-15-42(46)43-18-17-40(28-47(43)53)55-41-24-37(30(3)4)23-39(27-41)54-35(12)49(34(11)52-54)50-44(32(7)8)25-38(31(5)6)26-45(50)33(9)10;/h13-20,22-25,29-33,38,45,50H,21,26H2,1-12H3;/q-2;+2/t38-,45+,50?;/m0./s1. The number of benzene rings is 3. The first-order valence-electron chi connectivity index (χ1n) is 20.7. The minimum absolute atomic E-state index is 0. The van der Waals surface area contributed by atoms with Crippen LogP contribution in [0.1, 0.15) is 116 Å². The first-order chi connectivity index (χ1) is 26.2. The second-order valence-corrected chi connectivity index (χ2v) is 17.8. The number of para-hydroxylation sites is 1. The van der Waals surface area contributed by atoms with Gasteiger partial charge >= 0.3 is 21.1 Å². The van der Waals surface area contributed by atoms with E-state index in [-0.39, 0.29) is 27.0 Å². The molecule has 6 aromatic rings. The summed E-state index contributed by atoms with van der Waals surface area (Å²) in [4.78, 5) is 4.85. The average Bonchev–Trinajstić information content (AvgIpc) is 3.62. The number of ether oxygens (including phenoxy) is 1. The molecule has 0 fully saturated rings. The van der Waals surface area contributed by atoms with Crippen molar-refractivity contribution in [2.75, 3.05) is 0 Å². The molecule has 3 aromatic heterocycles. The monoisotopic (exact) mass is 927 g/mol. The Hall–Kier alpha value is -3.95. The van der Waals surface area contributed by atoms with Gasteiger partial charge in [0.1, 0.15) is 5.82 Å². The third kappa shape index (κ3) is 8.08. The number of aromatic nitrogens is 4. The van der Waals surface area contributed by atoms with Gasteiger partial charge in [-0.15, -0.1) is 41.3 Å². The second-order valence-electron chi connectivity index (χ2n) is 17.8. The fraction of sp³-hybridized carbons (Fsp3) is 0.440. The van der Waals surface area contributed by atoms with Crippen molar-refractivity contribution in [3.63, 3.8) is 0 Å². The third-order valence-corrected chi connectivity index (χ3v) is 12.0. The van der Waals surface area contributed by atoms with Gasteiger partial charge in [0.15, 0.2) is 0 Å². The molecule has 0 N–H and O–H groups in total. The van der Waals surface area contributed by atoms with Crippen molar-refractivity contribution < 1.29 is 25.8 Å². The quantitative estimate of drug-likeness (QED) is 0.0960. The molecule has 56 heavy (non-hydrogen) atoms. The van der Waals surface area contributed by atoms with Crippen LogP contribution in [0.4, 0.5) is 0 Å². The van der Waals surface area contributed by atoms with Gasteiger partial charge < -0.3 is 9.30 Å². The molecule has 0 bridgehead atoms. The molecule has 0 saturated carbocycles. The normalized spacial score (nSPS) is 17.5. The van der Waals surface area contributed by atoms with E-state index in [9.17, 15) is 0 Å². The number of fused-ring (bicyclic) bond motifs is 3. The third-order valence-electron chi connectivity index (χ3n) is 12.0. The predicted octanol–water partition coefficient (Wildman–Crippen LogP) is 13.3. The van der Waals surface area contributed by atoms with Crippen LogP contribution < -0.4 is 4.74 Å². The average molecular weight is 928 g/mol. The van der Waals surface area contributed by atoms with E-state index in [1.165, 1.54) is 34.2 Å². The number of rotatable bonds is 11. The molecule has 3 heterocycles. The van der Waals surface area contributed by atoms with Crippen molar-refractivity contribution in [1.29, 1.82) is 0 Å². The Labute approximate surface area is 350 Å². The first-order valence-corrected chi connectivity index (χ1v) is 20.7. The van der Waals surface area contributed by atoms with Gasteiger partial charge in [0.05, 0.1) is 5.69 Å². The number of allylic oxidation sites excluding steroid dienone is 2. The maximum Gasteiger partial charge on any atom is 2.00 e. The molecule has 1 aliphatic rings. The molecule has 3 atom stereocenters. The van der Waals surface area contributed by atoms with Gasteiger partial charge in [0.25, 0.3) is 0 Å². The summed E-state index contributed by atoms with van der Waals surface area (Å²) in [5.41, 5.74) is 10.6. The van der Waals surface area contributed by atoms with E-state index in [0.717, 1.165) is 40.0 Å². The van der Waals surface area contributed by atoms with Gasteiger partial charge in [-0.1, -0.05) is 105 Å². The van der Waals surface area contributed by atoms with Crippen LogP contribution >= 0.6 is 0 Å². The van der Waals surface area contributed by atoms with Crippen LogP contribution in [0.15, 0.2) is 78.5 Å². The summed E-state index contributed by atoms with van der Waals surface area (Å²) in [5, 5.41) is 7.55. The van der Waals surface area contributed by atoms with Crippen LogP contribution in [0, 0.1) is 61.5 Å². The fourth-order valence-electron chi connectivity index (χ4n) is 9.03. The van der Waals surface area contributed by atoms with Crippen LogP contribution in [-0.4, -0.2) is 19.3 Å². The van der Waals surface area contributed by atoms with E-state index in [4.69, 9.17) is 14.8 Å². The second kappa shape index (κ2) is 16.9. The van der Waals surface area contributed by atoms with Crippen LogP contribution in [0.5, 0.6) is 11.5 Å². The van der Waals surface area contributed by atoms with E-state index in [2.05, 4.69) is 165 Å². The number of nitrogens with zero attached hydrogens (tertiary/aromatic N) is 4. The van der Waals surface area contributed by atoms with E-state index < -0.39 is 0 Å². The van der Waals surface area contributed by atoms with Crippen molar-refractivity contribution in [2.24, 2.45) is 35.5 Å². The summed E-state index contributed by atoms with van der Waals surface area (Å²) in [7, 11) is 0. The topological polar surface area (TPSA) is 44.9 Å². The van der Waals surface area contributed by atoms with E-state index in [1.807, 2.05) is 12.3 Å². The van der Waals surface area contributed by atoms with Crippen LogP contribution in [0.25, 0.3) is 33.3 Å². The molecule has 1 aliphatic carbocycles. The van der Waals surface area contributed by atoms with Crippen LogP contribution in [0.2, 0.25) is 0 Å². The molecule has 0 spiro atoms. The molecule has 0 radical (unpaired) electrons. The maximum atomic E-state index is 6.73. The number of aryl methyl sites for hydroxylation is 1. The number of pyridine rings is 1. The van der Waals surface area contributed by atoms with Crippen molar-refractivity contribution in [1.82, 2.24) is 19.3 Å². The number of hydrogen-bond acceptors (Lipinski definition) is 3. The Bertz CT molecular complexity index is 2360. The summed E-state index contributed by atoms with van der Waals surface area (Å²) in [6.07, 6.45) is 6.76. The zero-order chi connectivity index (χ0) is 39.3. The minimum Gasteiger partial charge on any atom is -0.509 e. The number of hydrogen-bond donors (Lipinski definition) is 0. The van der Waals surface area contributed by atoms with E-state index in [1.54, 1.807) is 5.57 Å². The molecule has 3 aromatic carbocycles. The SMILES string of the molecule is Cc1nn(-c2[c-]c(Oc3[c-]c4c(cc3)c3ccccc3n4-c3cc(CC(C)C)ccn3)cc(C(C)C)c2)c(C)c1C1C(C(C)C)=C[C@H](C(C)C)C[C@@H]1C(C)C.[Pt+2]. The van der Waals surface area contributed by atoms with Crippen molar-refractivity contribution >= 4 is 21.8 Å². The molecular formula is C50H60N4OPt. The van der Waals surface area contributed by atoms with Gasteiger partial charge in [0.2, 0.25) is 0 Å². The van der Waals surface area contributed by atoms with Crippen LogP contribution in [-0.2, 0) is 27.5 Å². The van der Waals surface area contributed by atoms with E-state index in [0.29, 0.717) is 52.9 Å². The fourth-order valence-corrected chi connectivity index (χ4v) is 9.03. The van der Waals surface area contributed by atoms with Crippen molar-refractivity contribution in [3.05, 3.63) is 119 Å². The Balaban J connectivity index is 0.00000532. The van der Waals surface area contributed by atoms with Crippen molar-refractivity contribution in [3.8, 4) is 23.0 Å². The minimum atomic E-state index is 0. The summed E-state index contributed by atoms with van der Waals surface area (Å²) in [5.74, 6) is 6.22. The first kappa shape index (κ1) is 41.7. The van der Waals surface area contributed by atoms with Crippen molar-refractivity contribution in [2.45, 2.75) is 108 Å². The molecule has 7 rings (SSSR count). The van der Waals surface area contributed by atoms with Gasteiger partial charge in [-0.3, -0.25) is 4.68 Å². The van der Waals surface area contributed by atoms with Gasteiger partial charge in [0, 0.05) is 40.4 Å². The van der Waals surface area contributed by atoms with Gasteiger partial charge in [-0.2, -0.15) is 11.2 Å². The molecule has 0 amide bonds. The Morgan fingerprint density at radius 3 is 2.23 bits per heavy atom. The van der Waals surface area contributed by atoms with Crippen LogP contribution in [0.3, 0.4) is 0 Å². The Kier molecular flexibility index (Phi) is 12.6.